The first-order valence-electron chi connectivity index (χ1n) is 7.46. The lowest BCUT2D eigenvalue weighted by molar-refractivity contribution is 0.552. The fourth-order valence-corrected chi connectivity index (χ4v) is 2.44. The fraction of sp³-hybridized carbons (Fsp3) is 0.278. The average molecular weight is 334 g/mol. The molecule has 122 valence electrons. The van der Waals surface area contributed by atoms with E-state index >= 15 is 0 Å². The second-order valence-electron chi connectivity index (χ2n) is 5.40. The van der Waals surface area contributed by atoms with Gasteiger partial charge < -0.3 is 9.80 Å². The number of aliphatic imine (C=N–C) groups is 1. The Morgan fingerprint density at radius 2 is 1.87 bits per heavy atom. The van der Waals surface area contributed by atoms with E-state index in [1.54, 1.807) is 23.4 Å². The summed E-state index contributed by atoms with van der Waals surface area (Å²) in [4.78, 5) is 8.26. The molecule has 0 aliphatic heterocycles. The van der Waals surface area contributed by atoms with Gasteiger partial charge in [-0.05, 0) is 43.7 Å². The summed E-state index contributed by atoms with van der Waals surface area (Å²) in [5.41, 5.74) is 3.05. The molecule has 0 spiro atoms. The van der Waals surface area contributed by atoms with Crippen LogP contribution >= 0.6 is 11.6 Å². The zero-order valence-corrected chi connectivity index (χ0v) is 14.6. The lowest BCUT2D eigenvalue weighted by Crippen LogP contribution is -2.14. The second-order valence-corrected chi connectivity index (χ2v) is 5.83. The fourth-order valence-electron chi connectivity index (χ4n) is 2.23. The van der Waals surface area contributed by atoms with E-state index < -0.39 is 0 Å². The largest absolute Gasteiger partial charge is 0.366 e. The molecule has 0 heterocycles. The summed E-state index contributed by atoms with van der Waals surface area (Å²) in [7, 11) is 3.78. The lowest BCUT2D eigenvalue weighted by Gasteiger charge is -2.23. The Hall–Kier alpha value is -2.07. The van der Waals surface area contributed by atoms with E-state index in [1.165, 1.54) is 6.07 Å². The minimum Gasteiger partial charge on any atom is -0.366 e. The van der Waals surface area contributed by atoms with Gasteiger partial charge in [0, 0.05) is 31.4 Å². The van der Waals surface area contributed by atoms with Crippen molar-refractivity contribution >= 4 is 35.0 Å². The summed E-state index contributed by atoms with van der Waals surface area (Å²) < 4.78 is 14.0. The molecule has 5 heteroatoms. The lowest BCUT2D eigenvalue weighted by atomic mass is 10.1. The third-order valence-electron chi connectivity index (χ3n) is 3.79. The van der Waals surface area contributed by atoms with Crippen molar-refractivity contribution in [3.63, 3.8) is 0 Å². The van der Waals surface area contributed by atoms with E-state index in [0.717, 1.165) is 23.5 Å². The Balaban J connectivity index is 2.45. The van der Waals surface area contributed by atoms with E-state index in [4.69, 9.17) is 11.6 Å². The normalized spacial score (nSPS) is 11.0. The van der Waals surface area contributed by atoms with Crippen LogP contribution in [0.25, 0.3) is 0 Å². The van der Waals surface area contributed by atoms with Gasteiger partial charge >= 0.3 is 0 Å². The Bertz CT molecular complexity index is 715. The summed E-state index contributed by atoms with van der Waals surface area (Å²) in [5.74, 6) is -0.273. The Morgan fingerprint density at radius 3 is 2.52 bits per heavy atom. The maximum Gasteiger partial charge on any atom is 0.146 e. The standard InChI is InChI=1S/C18H21ClFN3/c1-5-22(3)12-21-16-10-14(19)11-18(13(16)2)23(4)17-9-7-6-8-15(17)20/h6-12H,5H2,1-4H3/b21-12-. The molecule has 23 heavy (non-hydrogen) atoms. The van der Waals surface area contributed by atoms with Crippen LogP contribution in [-0.4, -0.2) is 31.9 Å². The number of hydrogen-bond donors (Lipinski definition) is 0. The molecule has 0 aromatic heterocycles. The van der Waals surface area contributed by atoms with Gasteiger partial charge in [-0.2, -0.15) is 0 Å². The molecule has 2 aromatic carbocycles. The number of benzene rings is 2. The molecular formula is C18H21ClFN3. The highest BCUT2D eigenvalue weighted by atomic mass is 35.5. The third kappa shape index (κ3) is 4.02. The zero-order valence-electron chi connectivity index (χ0n) is 13.8. The van der Waals surface area contributed by atoms with Crippen LogP contribution in [0.15, 0.2) is 41.4 Å². The minimum absolute atomic E-state index is 0.273. The highest BCUT2D eigenvalue weighted by Crippen LogP contribution is 2.36. The SMILES string of the molecule is CCN(C)/C=N\c1cc(Cl)cc(N(C)c2ccccc2F)c1C. The smallest absolute Gasteiger partial charge is 0.146 e. The van der Waals surface area contributed by atoms with Crippen molar-refractivity contribution in [2.45, 2.75) is 13.8 Å². The Morgan fingerprint density at radius 1 is 1.17 bits per heavy atom. The highest BCUT2D eigenvalue weighted by Gasteiger charge is 2.14. The molecular weight excluding hydrogens is 313 g/mol. The number of nitrogens with zero attached hydrogens (tertiary/aromatic N) is 3. The van der Waals surface area contributed by atoms with Crippen molar-refractivity contribution in [3.05, 3.63) is 52.8 Å². The monoisotopic (exact) mass is 333 g/mol. The number of anilines is 2. The van der Waals surface area contributed by atoms with Crippen molar-refractivity contribution in [2.24, 2.45) is 4.99 Å². The van der Waals surface area contributed by atoms with Crippen molar-refractivity contribution in [1.82, 2.24) is 4.90 Å². The van der Waals surface area contributed by atoms with Crippen molar-refractivity contribution in [1.29, 1.82) is 0 Å². The van der Waals surface area contributed by atoms with E-state index in [0.29, 0.717) is 10.7 Å². The van der Waals surface area contributed by atoms with Gasteiger partial charge in [0.05, 0.1) is 17.7 Å². The third-order valence-corrected chi connectivity index (χ3v) is 4.00. The van der Waals surface area contributed by atoms with Crippen LogP contribution in [0, 0.1) is 12.7 Å². The summed E-state index contributed by atoms with van der Waals surface area (Å²) in [6.07, 6.45) is 1.77. The van der Waals surface area contributed by atoms with E-state index in [-0.39, 0.29) is 5.82 Å². The number of hydrogen-bond acceptors (Lipinski definition) is 2. The average Bonchev–Trinajstić information content (AvgIpc) is 2.54. The first kappa shape index (κ1) is 17.3. The molecule has 0 aliphatic rings. The van der Waals surface area contributed by atoms with Gasteiger partial charge in [-0.15, -0.1) is 0 Å². The molecule has 2 aromatic rings. The highest BCUT2D eigenvalue weighted by molar-refractivity contribution is 6.31. The molecule has 0 saturated carbocycles. The van der Waals surface area contributed by atoms with Crippen LogP contribution in [0.4, 0.5) is 21.5 Å². The van der Waals surface area contributed by atoms with Crippen molar-refractivity contribution in [2.75, 3.05) is 25.5 Å². The Labute approximate surface area is 142 Å². The molecule has 0 saturated heterocycles. The molecule has 2 rings (SSSR count). The van der Waals surface area contributed by atoms with Crippen molar-refractivity contribution < 1.29 is 4.39 Å². The van der Waals surface area contributed by atoms with Crippen LogP contribution in [0.3, 0.4) is 0 Å². The zero-order chi connectivity index (χ0) is 17.0. The van der Waals surface area contributed by atoms with Crippen LogP contribution in [0.2, 0.25) is 5.02 Å². The van der Waals surface area contributed by atoms with Crippen LogP contribution in [0.1, 0.15) is 12.5 Å². The van der Waals surface area contributed by atoms with Crippen LogP contribution < -0.4 is 4.90 Å². The summed E-state index contributed by atoms with van der Waals surface area (Å²) in [6.45, 7) is 4.88. The van der Waals surface area contributed by atoms with Gasteiger partial charge in [0.15, 0.2) is 0 Å². The van der Waals surface area contributed by atoms with Crippen LogP contribution in [0.5, 0.6) is 0 Å². The second kappa shape index (κ2) is 7.47. The Kier molecular flexibility index (Phi) is 5.61. The molecule has 0 N–H and O–H groups in total. The summed E-state index contributed by atoms with van der Waals surface area (Å²) >= 11 is 6.23. The van der Waals surface area contributed by atoms with E-state index in [9.17, 15) is 4.39 Å². The molecule has 3 nitrogen and oxygen atoms in total. The summed E-state index contributed by atoms with van der Waals surface area (Å²) in [5, 5.41) is 0.570. The number of para-hydroxylation sites is 1. The first-order valence-corrected chi connectivity index (χ1v) is 7.84. The van der Waals surface area contributed by atoms with E-state index in [2.05, 4.69) is 4.99 Å². The van der Waals surface area contributed by atoms with Gasteiger partial charge in [0.25, 0.3) is 0 Å². The molecule has 0 fully saturated rings. The van der Waals surface area contributed by atoms with E-state index in [1.807, 2.05) is 51.0 Å². The maximum absolute atomic E-state index is 14.0. The van der Waals surface area contributed by atoms with Gasteiger partial charge in [-0.25, -0.2) is 9.38 Å². The van der Waals surface area contributed by atoms with Gasteiger partial charge in [-0.1, -0.05) is 23.7 Å². The molecule has 0 aliphatic carbocycles. The predicted molar refractivity (Wildman–Crippen MR) is 97.1 cm³/mol. The quantitative estimate of drug-likeness (QED) is 0.555. The summed E-state index contributed by atoms with van der Waals surface area (Å²) in [6, 6.07) is 10.3. The topological polar surface area (TPSA) is 18.8 Å². The predicted octanol–water partition coefficient (Wildman–Crippen LogP) is 5.17. The number of halogens is 2. The molecule has 0 atom stereocenters. The minimum atomic E-state index is -0.273. The van der Waals surface area contributed by atoms with Gasteiger partial charge in [-0.3, -0.25) is 0 Å². The molecule has 0 bridgehead atoms. The van der Waals surface area contributed by atoms with Gasteiger partial charge in [0.2, 0.25) is 0 Å². The maximum atomic E-state index is 14.0. The number of rotatable bonds is 5. The van der Waals surface area contributed by atoms with Gasteiger partial charge in [0.1, 0.15) is 5.82 Å². The first-order chi connectivity index (χ1) is 10.9. The molecule has 0 unspecified atom stereocenters. The van der Waals surface area contributed by atoms with Crippen LogP contribution in [-0.2, 0) is 0 Å². The molecule has 0 radical (unpaired) electrons. The van der Waals surface area contributed by atoms with Crippen molar-refractivity contribution in [3.8, 4) is 0 Å². The molecule has 0 amide bonds.